The SMILES string of the molecule is CCCCCc1ccc2c(c1O)CCC(C)(C)O2. The molecule has 0 radical (unpaired) electrons. The van der Waals surface area contributed by atoms with Gasteiger partial charge in [0.2, 0.25) is 0 Å². The van der Waals surface area contributed by atoms with Gasteiger partial charge < -0.3 is 9.84 Å². The van der Waals surface area contributed by atoms with E-state index in [0.29, 0.717) is 5.75 Å². The second-order valence-electron chi connectivity index (χ2n) is 5.87. The zero-order valence-corrected chi connectivity index (χ0v) is 11.8. The third-order valence-corrected chi connectivity index (χ3v) is 3.74. The first-order chi connectivity index (χ1) is 8.53. The van der Waals surface area contributed by atoms with Gasteiger partial charge in [0.15, 0.2) is 0 Å². The van der Waals surface area contributed by atoms with E-state index in [0.717, 1.165) is 42.6 Å². The largest absolute Gasteiger partial charge is 0.507 e. The summed E-state index contributed by atoms with van der Waals surface area (Å²) in [5.74, 6) is 1.34. The minimum atomic E-state index is -0.108. The first-order valence-electron chi connectivity index (χ1n) is 7.06. The zero-order chi connectivity index (χ0) is 13.2. The average Bonchev–Trinajstić information content (AvgIpc) is 2.31. The number of hydrogen-bond acceptors (Lipinski definition) is 2. The lowest BCUT2D eigenvalue weighted by atomic mass is 9.91. The van der Waals surface area contributed by atoms with Gasteiger partial charge in [-0.15, -0.1) is 0 Å². The van der Waals surface area contributed by atoms with E-state index in [9.17, 15) is 5.11 Å². The Morgan fingerprint density at radius 1 is 1.28 bits per heavy atom. The topological polar surface area (TPSA) is 29.5 Å². The fourth-order valence-electron chi connectivity index (χ4n) is 2.55. The molecule has 0 spiro atoms. The third kappa shape index (κ3) is 2.80. The van der Waals surface area contributed by atoms with Crippen LogP contribution < -0.4 is 4.74 Å². The molecule has 2 nitrogen and oxygen atoms in total. The predicted octanol–water partition coefficient (Wildman–Crippen LogP) is 4.23. The Balaban J connectivity index is 2.18. The summed E-state index contributed by atoms with van der Waals surface area (Å²) >= 11 is 0. The maximum Gasteiger partial charge on any atom is 0.127 e. The van der Waals surface area contributed by atoms with E-state index in [-0.39, 0.29) is 5.60 Å². The highest BCUT2D eigenvalue weighted by Crippen LogP contribution is 2.40. The molecule has 18 heavy (non-hydrogen) atoms. The van der Waals surface area contributed by atoms with Crippen molar-refractivity contribution in [3.63, 3.8) is 0 Å². The molecule has 1 N–H and O–H groups in total. The molecule has 0 atom stereocenters. The lowest BCUT2D eigenvalue weighted by Gasteiger charge is -2.33. The maximum atomic E-state index is 10.3. The molecular formula is C16H24O2. The lowest BCUT2D eigenvalue weighted by molar-refractivity contribution is 0.0836. The van der Waals surface area contributed by atoms with Crippen LogP contribution in [0.5, 0.6) is 11.5 Å². The van der Waals surface area contributed by atoms with E-state index in [1.807, 2.05) is 12.1 Å². The molecule has 0 fully saturated rings. The number of benzene rings is 1. The van der Waals surface area contributed by atoms with Gasteiger partial charge in [0.05, 0.1) is 0 Å². The van der Waals surface area contributed by atoms with Crippen molar-refractivity contribution in [2.75, 3.05) is 0 Å². The number of ether oxygens (including phenoxy) is 1. The number of rotatable bonds is 4. The fourth-order valence-corrected chi connectivity index (χ4v) is 2.55. The van der Waals surface area contributed by atoms with Crippen LogP contribution in [0.2, 0.25) is 0 Å². The number of aryl methyl sites for hydroxylation is 1. The van der Waals surface area contributed by atoms with Crippen molar-refractivity contribution in [3.05, 3.63) is 23.3 Å². The molecule has 1 heterocycles. The number of hydrogen-bond donors (Lipinski definition) is 1. The van der Waals surface area contributed by atoms with Crippen LogP contribution in [0.1, 0.15) is 57.6 Å². The lowest BCUT2D eigenvalue weighted by Crippen LogP contribution is -2.32. The quantitative estimate of drug-likeness (QED) is 0.808. The zero-order valence-electron chi connectivity index (χ0n) is 11.8. The van der Waals surface area contributed by atoms with Crippen LogP contribution >= 0.6 is 0 Å². The molecule has 1 aliphatic rings. The van der Waals surface area contributed by atoms with E-state index < -0.39 is 0 Å². The van der Waals surface area contributed by atoms with Crippen LogP contribution in [0.4, 0.5) is 0 Å². The predicted molar refractivity (Wildman–Crippen MR) is 74.4 cm³/mol. The van der Waals surface area contributed by atoms with Crippen molar-refractivity contribution >= 4 is 0 Å². The van der Waals surface area contributed by atoms with E-state index in [2.05, 4.69) is 20.8 Å². The number of phenolic OH excluding ortho intramolecular Hbond substituents is 1. The van der Waals surface area contributed by atoms with Crippen LogP contribution in [-0.4, -0.2) is 10.7 Å². The molecule has 0 unspecified atom stereocenters. The molecule has 0 saturated carbocycles. The molecule has 0 amide bonds. The molecule has 0 aliphatic carbocycles. The van der Waals surface area contributed by atoms with Crippen molar-refractivity contribution in [1.29, 1.82) is 0 Å². The van der Waals surface area contributed by atoms with E-state index in [1.54, 1.807) is 0 Å². The van der Waals surface area contributed by atoms with Gasteiger partial charge in [-0.2, -0.15) is 0 Å². The normalized spacial score (nSPS) is 17.1. The Labute approximate surface area is 110 Å². The summed E-state index contributed by atoms with van der Waals surface area (Å²) in [5, 5.41) is 10.3. The van der Waals surface area contributed by atoms with Crippen LogP contribution in [0.3, 0.4) is 0 Å². The van der Waals surface area contributed by atoms with Gasteiger partial charge in [0.1, 0.15) is 17.1 Å². The Hall–Kier alpha value is -1.18. The van der Waals surface area contributed by atoms with Gasteiger partial charge in [-0.05, 0) is 51.2 Å². The number of fused-ring (bicyclic) bond motifs is 1. The molecule has 2 heteroatoms. The van der Waals surface area contributed by atoms with E-state index >= 15 is 0 Å². The summed E-state index contributed by atoms with van der Waals surface area (Å²) in [6, 6.07) is 4.04. The number of aromatic hydroxyl groups is 1. The molecule has 1 aromatic carbocycles. The summed E-state index contributed by atoms with van der Waals surface area (Å²) in [5.41, 5.74) is 1.97. The van der Waals surface area contributed by atoms with Gasteiger partial charge in [0, 0.05) is 5.56 Å². The molecule has 1 aliphatic heterocycles. The minimum absolute atomic E-state index is 0.108. The van der Waals surface area contributed by atoms with E-state index in [1.165, 1.54) is 12.8 Å². The highest BCUT2D eigenvalue weighted by atomic mass is 16.5. The van der Waals surface area contributed by atoms with Gasteiger partial charge in [-0.25, -0.2) is 0 Å². The molecular weight excluding hydrogens is 224 g/mol. The number of unbranched alkanes of at least 4 members (excludes halogenated alkanes) is 2. The van der Waals surface area contributed by atoms with Crippen molar-refractivity contribution in [2.24, 2.45) is 0 Å². The number of phenols is 1. The average molecular weight is 248 g/mol. The third-order valence-electron chi connectivity index (χ3n) is 3.74. The molecule has 0 aromatic heterocycles. The Bertz CT molecular complexity index is 421. The first kappa shape index (κ1) is 13.3. The smallest absolute Gasteiger partial charge is 0.127 e. The molecule has 0 bridgehead atoms. The van der Waals surface area contributed by atoms with Crippen molar-refractivity contribution in [1.82, 2.24) is 0 Å². The van der Waals surface area contributed by atoms with Gasteiger partial charge in [-0.3, -0.25) is 0 Å². The highest BCUT2D eigenvalue weighted by molar-refractivity contribution is 5.50. The Morgan fingerprint density at radius 2 is 2.06 bits per heavy atom. The second-order valence-corrected chi connectivity index (χ2v) is 5.87. The summed E-state index contributed by atoms with van der Waals surface area (Å²) in [6.45, 7) is 6.40. The fraction of sp³-hybridized carbons (Fsp3) is 0.625. The van der Waals surface area contributed by atoms with Crippen LogP contribution in [-0.2, 0) is 12.8 Å². The Kier molecular flexibility index (Phi) is 3.84. The summed E-state index contributed by atoms with van der Waals surface area (Å²) in [6.07, 6.45) is 6.43. The summed E-state index contributed by atoms with van der Waals surface area (Å²) in [4.78, 5) is 0. The van der Waals surface area contributed by atoms with Gasteiger partial charge in [0.25, 0.3) is 0 Å². The first-order valence-corrected chi connectivity index (χ1v) is 7.06. The summed E-state index contributed by atoms with van der Waals surface area (Å²) in [7, 11) is 0. The minimum Gasteiger partial charge on any atom is -0.507 e. The second kappa shape index (κ2) is 5.21. The maximum absolute atomic E-state index is 10.3. The van der Waals surface area contributed by atoms with Crippen LogP contribution in [0.25, 0.3) is 0 Å². The molecule has 1 aromatic rings. The standard InChI is InChI=1S/C16H24O2/c1-4-5-6-7-12-8-9-14-13(15(12)17)10-11-16(2,3)18-14/h8-9,17H,4-7,10-11H2,1-3H3. The van der Waals surface area contributed by atoms with Gasteiger partial charge in [-0.1, -0.05) is 25.8 Å². The molecule has 2 rings (SSSR count). The Morgan fingerprint density at radius 3 is 2.78 bits per heavy atom. The van der Waals surface area contributed by atoms with Crippen LogP contribution in [0, 0.1) is 0 Å². The highest BCUT2D eigenvalue weighted by Gasteiger charge is 2.28. The van der Waals surface area contributed by atoms with Crippen molar-refractivity contribution in [3.8, 4) is 11.5 Å². The summed E-state index contributed by atoms with van der Waals surface area (Å²) < 4.78 is 5.92. The van der Waals surface area contributed by atoms with Crippen molar-refractivity contribution < 1.29 is 9.84 Å². The van der Waals surface area contributed by atoms with Gasteiger partial charge >= 0.3 is 0 Å². The molecule has 100 valence electrons. The van der Waals surface area contributed by atoms with E-state index in [4.69, 9.17) is 4.74 Å². The molecule has 0 saturated heterocycles. The van der Waals surface area contributed by atoms with Crippen molar-refractivity contribution in [2.45, 2.75) is 64.9 Å². The monoisotopic (exact) mass is 248 g/mol. The van der Waals surface area contributed by atoms with Crippen LogP contribution in [0.15, 0.2) is 12.1 Å².